The summed E-state index contributed by atoms with van der Waals surface area (Å²) < 4.78 is 5.80. The van der Waals surface area contributed by atoms with Crippen LogP contribution >= 0.6 is 27.5 Å². The van der Waals surface area contributed by atoms with E-state index in [0.717, 1.165) is 4.47 Å². The molecule has 0 aliphatic carbocycles. The van der Waals surface area contributed by atoms with Crippen molar-refractivity contribution in [3.8, 4) is 5.75 Å². The van der Waals surface area contributed by atoms with Crippen LogP contribution in [-0.2, 0) is 0 Å². The van der Waals surface area contributed by atoms with Gasteiger partial charge in [0.1, 0.15) is 11.4 Å². The van der Waals surface area contributed by atoms with Gasteiger partial charge in [0.2, 0.25) is 0 Å². The van der Waals surface area contributed by atoms with Gasteiger partial charge in [0.15, 0.2) is 0 Å². The highest BCUT2D eigenvalue weighted by Crippen LogP contribution is 2.33. The molecule has 20 heavy (non-hydrogen) atoms. The van der Waals surface area contributed by atoms with E-state index in [1.54, 1.807) is 30.3 Å². The molecule has 2 aromatic rings. The van der Waals surface area contributed by atoms with Crippen LogP contribution in [0.3, 0.4) is 0 Å². The lowest BCUT2D eigenvalue weighted by Crippen LogP contribution is -1.97. The van der Waals surface area contributed by atoms with Crippen LogP contribution in [0.15, 0.2) is 40.9 Å². The van der Waals surface area contributed by atoms with Crippen LogP contribution in [0, 0.1) is 10.1 Å². The summed E-state index contributed by atoms with van der Waals surface area (Å²) in [6.45, 7) is 0. The molecular weight excluding hydrogens is 348 g/mol. The summed E-state index contributed by atoms with van der Waals surface area (Å²) in [7, 11) is 1.52. The molecule has 1 N–H and O–H groups in total. The lowest BCUT2D eigenvalue weighted by Gasteiger charge is -2.09. The van der Waals surface area contributed by atoms with Crippen LogP contribution in [0.2, 0.25) is 5.02 Å². The molecular formula is C13H10BrClN2O3. The Labute approximate surface area is 128 Å². The molecule has 0 amide bonds. The molecule has 0 saturated carbocycles. The Morgan fingerprint density at radius 3 is 2.65 bits per heavy atom. The molecule has 2 aromatic carbocycles. The van der Waals surface area contributed by atoms with Gasteiger partial charge >= 0.3 is 0 Å². The van der Waals surface area contributed by atoms with Gasteiger partial charge in [-0.1, -0.05) is 27.5 Å². The molecule has 5 nitrogen and oxygen atoms in total. The van der Waals surface area contributed by atoms with Gasteiger partial charge in [-0.2, -0.15) is 0 Å². The maximum absolute atomic E-state index is 11.0. The number of halogens is 2. The van der Waals surface area contributed by atoms with Crippen LogP contribution in [0.4, 0.5) is 17.1 Å². The number of nitrogens with zero attached hydrogens (tertiary/aromatic N) is 1. The van der Waals surface area contributed by atoms with E-state index in [-0.39, 0.29) is 5.69 Å². The summed E-state index contributed by atoms with van der Waals surface area (Å²) in [6.07, 6.45) is 0. The molecule has 104 valence electrons. The molecule has 0 aliphatic heterocycles. The van der Waals surface area contributed by atoms with Gasteiger partial charge in [0.05, 0.1) is 17.1 Å². The summed E-state index contributed by atoms with van der Waals surface area (Å²) >= 11 is 9.31. The topological polar surface area (TPSA) is 64.4 Å². The largest absolute Gasteiger partial charge is 0.495 e. The normalized spacial score (nSPS) is 10.2. The first-order valence-corrected chi connectivity index (χ1v) is 6.73. The third-order valence-electron chi connectivity index (χ3n) is 2.59. The second kappa shape index (κ2) is 6.11. The van der Waals surface area contributed by atoms with Gasteiger partial charge in [-0.05, 0) is 30.3 Å². The Morgan fingerprint density at radius 2 is 2.05 bits per heavy atom. The van der Waals surface area contributed by atoms with Crippen LogP contribution in [-0.4, -0.2) is 12.0 Å². The SMILES string of the molecule is COc1ccc(Nc2cc(Br)ccc2[N+](=O)[O-])cc1Cl. The number of rotatable bonds is 4. The predicted molar refractivity (Wildman–Crippen MR) is 82.1 cm³/mol. The molecule has 0 saturated heterocycles. The first-order chi connectivity index (χ1) is 9.51. The molecule has 2 rings (SSSR count). The van der Waals surface area contributed by atoms with Gasteiger partial charge in [-0.3, -0.25) is 10.1 Å². The van der Waals surface area contributed by atoms with Crippen LogP contribution in [0.1, 0.15) is 0 Å². The number of nitro groups is 1. The van der Waals surface area contributed by atoms with Gasteiger partial charge < -0.3 is 10.1 Å². The summed E-state index contributed by atoms with van der Waals surface area (Å²) in [5, 5.41) is 14.4. The minimum absolute atomic E-state index is 0.0138. The molecule has 0 bridgehead atoms. The fourth-order valence-corrected chi connectivity index (χ4v) is 2.29. The van der Waals surface area contributed by atoms with E-state index in [4.69, 9.17) is 16.3 Å². The van der Waals surface area contributed by atoms with Gasteiger partial charge in [0.25, 0.3) is 5.69 Å². The Kier molecular flexibility index (Phi) is 4.46. The molecule has 0 heterocycles. The molecule has 0 unspecified atom stereocenters. The first kappa shape index (κ1) is 14.6. The zero-order valence-corrected chi connectivity index (χ0v) is 12.7. The Balaban J connectivity index is 2.36. The number of anilines is 2. The highest BCUT2D eigenvalue weighted by atomic mass is 79.9. The zero-order valence-electron chi connectivity index (χ0n) is 10.4. The van der Waals surface area contributed by atoms with E-state index in [9.17, 15) is 10.1 Å². The molecule has 0 aliphatic rings. The minimum atomic E-state index is -0.445. The van der Waals surface area contributed by atoms with E-state index in [0.29, 0.717) is 22.1 Å². The summed E-state index contributed by atoms with van der Waals surface area (Å²) in [6, 6.07) is 9.74. The molecule has 0 aromatic heterocycles. The highest BCUT2D eigenvalue weighted by Gasteiger charge is 2.14. The molecule has 0 spiro atoms. The van der Waals surface area contributed by atoms with Crippen molar-refractivity contribution in [2.75, 3.05) is 12.4 Å². The lowest BCUT2D eigenvalue weighted by atomic mass is 10.2. The first-order valence-electron chi connectivity index (χ1n) is 5.56. The number of methoxy groups -OCH3 is 1. The number of hydrogen-bond donors (Lipinski definition) is 1. The third-order valence-corrected chi connectivity index (χ3v) is 3.37. The molecule has 0 fully saturated rings. The van der Waals surface area contributed by atoms with E-state index < -0.39 is 4.92 Å². The van der Waals surface area contributed by atoms with E-state index in [2.05, 4.69) is 21.2 Å². The average Bonchev–Trinajstić information content (AvgIpc) is 2.38. The lowest BCUT2D eigenvalue weighted by molar-refractivity contribution is -0.383. The quantitative estimate of drug-likeness (QED) is 0.633. The second-order valence-corrected chi connectivity index (χ2v) is 5.22. The van der Waals surface area contributed by atoms with E-state index in [1.165, 1.54) is 13.2 Å². The fraction of sp³-hybridized carbons (Fsp3) is 0.0769. The summed E-state index contributed by atoms with van der Waals surface area (Å²) in [5.41, 5.74) is 1.00. The van der Waals surface area contributed by atoms with Crippen molar-refractivity contribution in [1.82, 2.24) is 0 Å². The Morgan fingerprint density at radius 1 is 1.30 bits per heavy atom. The summed E-state index contributed by atoms with van der Waals surface area (Å²) in [5.74, 6) is 0.543. The van der Waals surface area contributed by atoms with Gasteiger partial charge in [-0.25, -0.2) is 0 Å². The minimum Gasteiger partial charge on any atom is -0.495 e. The average molecular weight is 358 g/mol. The van der Waals surface area contributed by atoms with Crippen LogP contribution < -0.4 is 10.1 Å². The number of hydrogen-bond acceptors (Lipinski definition) is 4. The second-order valence-electron chi connectivity index (χ2n) is 3.89. The van der Waals surface area contributed by atoms with Crippen molar-refractivity contribution in [1.29, 1.82) is 0 Å². The maximum atomic E-state index is 11.0. The highest BCUT2D eigenvalue weighted by molar-refractivity contribution is 9.10. The van der Waals surface area contributed by atoms with Crippen molar-refractivity contribution in [3.63, 3.8) is 0 Å². The van der Waals surface area contributed by atoms with Crippen molar-refractivity contribution in [2.24, 2.45) is 0 Å². The fourth-order valence-electron chi connectivity index (χ4n) is 1.67. The number of ether oxygens (including phenoxy) is 1. The van der Waals surface area contributed by atoms with Crippen molar-refractivity contribution >= 4 is 44.6 Å². The molecule has 0 atom stereocenters. The van der Waals surface area contributed by atoms with Gasteiger partial charge in [0, 0.05) is 16.2 Å². The van der Waals surface area contributed by atoms with Crippen LogP contribution in [0.25, 0.3) is 0 Å². The summed E-state index contributed by atoms with van der Waals surface area (Å²) in [4.78, 5) is 10.6. The third kappa shape index (κ3) is 3.20. The van der Waals surface area contributed by atoms with Crippen molar-refractivity contribution in [2.45, 2.75) is 0 Å². The smallest absolute Gasteiger partial charge is 0.292 e. The number of nitro benzene ring substituents is 1. The number of benzene rings is 2. The zero-order chi connectivity index (χ0) is 14.7. The van der Waals surface area contributed by atoms with E-state index in [1.807, 2.05) is 0 Å². The maximum Gasteiger partial charge on any atom is 0.292 e. The Hall–Kier alpha value is -1.79. The van der Waals surface area contributed by atoms with Crippen molar-refractivity contribution in [3.05, 3.63) is 56.0 Å². The number of nitrogens with one attached hydrogen (secondary N) is 1. The molecule has 0 radical (unpaired) electrons. The monoisotopic (exact) mass is 356 g/mol. The van der Waals surface area contributed by atoms with E-state index >= 15 is 0 Å². The van der Waals surface area contributed by atoms with Gasteiger partial charge in [-0.15, -0.1) is 0 Å². The van der Waals surface area contributed by atoms with Crippen molar-refractivity contribution < 1.29 is 9.66 Å². The Bertz CT molecular complexity index is 664. The standard InChI is InChI=1S/C13H10BrClN2O3/c1-20-13-5-3-9(7-10(13)15)16-11-6-8(14)2-4-12(11)17(18)19/h2-7,16H,1H3. The van der Waals surface area contributed by atoms with Crippen LogP contribution in [0.5, 0.6) is 5.75 Å². The predicted octanol–water partition coefficient (Wildman–Crippen LogP) is 4.76. The molecule has 7 heteroatoms.